The second-order valence-corrected chi connectivity index (χ2v) is 7.42. The highest BCUT2D eigenvalue weighted by atomic mass is 32.2. The molecule has 0 radical (unpaired) electrons. The minimum Gasteiger partial charge on any atom is -0.497 e. The molecule has 1 aliphatic rings. The van der Waals surface area contributed by atoms with Crippen molar-refractivity contribution in [2.75, 3.05) is 20.7 Å². The summed E-state index contributed by atoms with van der Waals surface area (Å²) >= 11 is 0. The summed E-state index contributed by atoms with van der Waals surface area (Å²) in [6.45, 7) is 2.11. The van der Waals surface area contributed by atoms with E-state index in [9.17, 15) is 18.5 Å². The topological polar surface area (TPSA) is 102 Å². The molecule has 1 unspecified atom stereocenters. The second-order valence-electron chi connectivity index (χ2n) is 5.69. The minimum atomic E-state index is -3.97. The molecule has 128 valence electrons. The fourth-order valence-corrected chi connectivity index (χ4v) is 3.56. The van der Waals surface area contributed by atoms with Crippen LogP contribution >= 0.6 is 0 Å². The Morgan fingerprint density at radius 2 is 2.13 bits per heavy atom. The maximum atomic E-state index is 12.4. The first-order chi connectivity index (χ1) is 10.8. The summed E-state index contributed by atoms with van der Waals surface area (Å²) in [5.74, 6) is 0.234. The van der Waals surface area contributed by atoms with Crippen molar-refractivity contribution in [3.63, 3.8) is 0 Å². The zero-order valence-corrected chi connectivity index (χ0v) is 14.2. The molecule has 1 fully saturated rings. The van der Waals surface area contributed by atoms with E-state index >= 15 is 0 Å². The van der Waals surface area contributed by atoms with Gasteiger partial charge in [0, 0.05) is 18.6 Å². The number of nitro benzene ring substituents is 1. The zero-order chi connectivity index (χ0) is 17.2. The van der Waals surface area contributed by atoms with Gasteiger partial charge in [0.1, 0.15) is 5.75 Å². The summed E-state index contributed by atoms with van der Waals surface area (Å²) in [5, 5.41) is 11.1. The monoisotopic (exact) mass is 343 g/mol. The smallest absolute Gasteiger partial charge is 0.293 e. The molecule has 1 saturated carbocycles. The Kier molecular flexibility index (Phi) is 5.23. The summed E-state index contributed by atoms with van der Waals surface area (Å²) in [6, 6.07) is 4.20. The van der Waals surface area contributed by atoms with E-state index in [0.717, 1.165) is 18.9 Å². The SMILES string of the molecule is COc1ccc(S(=O)(=O)NCC(C)N(C)C2CC2)c([N+](=O)[O-])c1. The Labute approximate surface area is 135 Å². The lowest BCUT2D eigenvalue weighted by molar-refractivity contribution is -0.387. The molecule has 0 heterocycles. The third-order valence-electron chi connectivity index (χ3n) is 4.04. The van der Waals surface area contributed by atoms with Crippen LogP contribution in [0.25, 0.3) is 0 Å². The van der Waals surface area contributed by atoms with Crippen molar-refractivity contribution in [2.24, 2.45) is 0 Å². The number of benzene rings is 1. The van der Waals surface area contributed by atoms with Crippen molar-refractivity contribution in [3.8, 4) is 5.75 Å². The lowest BCUT2D eigenvalue weighted by atomic mass is 10.3. The van der Waals surface area contributed by atoms with Crippen molar-refractivity contribution >= 4 is 15.7 Å². The molecule has 0 aliphatic heterocycles. The summed E-state index contributed by atoms with van der Waals surface area (Å²) in [4.78, 5) is 12.2. The largest absolute Gasteiger partial charge is 0.497 e. The van der Waals surface area contributed by atoms with Crippen molar-refractivity contribution in [1.82, 2.24) is 9.62 Å². The quantitative estimate of drug-likeness (QED) is 0.565. The molecule has 1 N–H and O–H groups in total. The molecule has 0 amide bonds. The third-order valence-corrected chi connectivity index (χ3v) is 5.51. The Morgan fingerprint density at radius 3 is 2.65 bits per heavy atom. The molecule has 0 bridgehead atoms. The Morgan fingerprint density at radius 1 is 1.48 bits per heavy atom. The van der Waals surface area contributed by atoms with Crippen LogP contribution in [0.3, 0.4) is 0 Å². The van der Waals surface area contributed by atoms with Gasteiger partial charge >= 0.3 is 0 Å². The first-order valence-corrected chi connectivity index (χ1v) is 8.78. The van der Waals surface area contributed by atoms with Crippen LogP contribution in [0.5, 0.6) is 5.75 Å². The van der Waals surface area contributed by atoms with E-state index in [2.05, 4.69) is 9.62 Å². The minimum absolute atomic E-state index is 0.00887. The number of sulfonamides is 1. The van der Waals surface area contributed by atoms with Crippen LogP contribution in [0.15, 0.2) is 23.1 Å². The highest BCUT2D eigenvalue weighted by Crippen LogP contribution is 2.29. The second kappa shape index (κ2) is 6.81. The van der Waals surface area contributed by atoms with Gasteiger partial charge in [-0.15, -0.1) is 0 Å². The summed E-state index contributed by atoms with van der Waals surface area (Å²) < 4.78 is 32.2. The molecule has 0 saturated heterocycles. The molecule has 0 spiro atoms. The Bertz CT molecular complexity index is 688. The predicted molar refractivity (Wildman–Crippen MR) is 85.1 cm³/mol. The number of ether oxygens (including phenoxy) is 1. The van der Waals surface area contributed by atoms with E-state index in [-0.39, 0.29) is 23.2 Å². The van der Waals surface area contributed by atoms with Crippen molar-refractivity contribution in [3.05, 3.63) is 28.3 Å². The standard InChI is InChI=1S/C14H21N3O5S/c1-10(16(2)11-4-5-11)9-15-23(20,21)14-7-6-12(22-3)8-13(14)17(18)19/h6-8,10-11,15H,4-5,9H2,1-3H3. The van der Waals surface area contributed by atoms with Crippen LogP contribution in [0.1, 0.15) is 19.8 Å². The molecular formula is C14H21N3O5S. The highest BCUT2D eigenvalue weighted by Gasteiger charge is 2.31. The number of nitrogens with one attached hydrogen (secondary N) is 1. The van der Waals surface area contributed by atoms with Gasteiger partial charge < -0.3 is 4.74 Å². The van der Waals surface area contributed by atoms with E-state index < -0.39 is 20.6 Å². The van der Waals surface area contributed by atoms with Gasteiger partial charge in [0.05, 0.1) is 18.1 Å². The number of nitro groups is 1. The van der Waals surface area contributed by atoms with Crippen molar-refractivity contribution < 1.29 is 18.1 Å². The first kappa shape index (κ1) is 17.6. The molecule has 1 aromatic rings. The molecular weight excluding hydrogens is 322 g/mol. The molecule has 1 atom stereocenters. The Hall–Kier alpha value is -1.71. The van der Waals surface area contributed by atoms with Gasteiger partial charge in [-0.25, -0.2) is 13.1 Å². The molecule has 9 heteroatoms. The van der Waals surface area contributed by atoms with Gasteiger partial charge in [-0.2, -0.15) is 0 Å². The number of hydrogen-bond acceptors (Lipinski definition) is 6. The number of rotatable bonds is 8. The maximum Gasteiger partial charge on any atom is 0.293 e. The van der Waals surface area contributed by atoms with Gasteiger partial charge in [0.15, 0.2) is 4.90 Å². The molecule has 23 heavy (non-hydrogen) atoms. The maximum absolute atomic E-state index is 12.4. The fourth-order valence-electron chi connectivity index (χ4n) is 2.29. The zero-order valence-electron chi connectivity index (χ0n) is 13.4. The van der Waals surface area contributed by atoms with Crippen LogP contribution in [0.2, 0.25) is 0 Å². The van der Waals surface area contributed by atoms with Gasteiger partial charge in [-0.05, 0) is 38.9 Å². The van der Waals surface area contributed by atoms with Crippen molar-refractivity contribution in [1.29, 1.82) is 0 Å². The van der Waals surface area contributed by atoms with E-state index in [1.807, 2.05) is 14.0 Å². The lowest BCUT2D eigenvalue weighted by Gasteiger charge is -2.24. The summed E-state index contributed by atoms with van der Waals surface area (Å²) in [5.41, 5.74) is -0.500. The van der Waals surface area contributed by atoms with Crippen LogP contribution in [0, 0.1) is 10.1 Å². The number of methoxy groups -OCH3 is 1. The average Bonchev–Trinajstić information content (AvgIpc) is 3.36. The third kappa shape index (κ3) is 4.18. The van der Waals surface area contributed by atoms with Crippen molar-refractivity contribution in [2.45, 2.75) is 36.7 Å². The number of hydrogen-bond donors (Lipinski definition) is 1. The normalized spacial score (nSPS) is 16.3. The van der Waals surface area contributed by atoms with Gasteiger partial charge in [-0.1, -0.05) is 0 Å². The van der Waals surface area contributed by atoms with Gasteiger partial charge in [0.25, 0.3) is 5.69 Å². The summed E-state index contributed by atoms with van der Waals surface area (Å²) in [7, 11) is -0.656. The molecule has 1 aromatic carbocycles. The fraction of sp³-hybridized carbons (Fsp3) is 0.571. The molecule has 1 aliphatic carbocycles. The molecule has 2 rings (SSSR count). The van der Waals surface area contributed by atoms with E-state index in [0.29, 0.717) is 6.04 Å². The number of nitrogens with zero attached hydrogens (tertiary/aromatic N) is 2. The average molecular weight is 343 g/mol. The van der Waals surface area contributed by atoms with Gasteiger partial charge in [0.2, 0.25) is 10.0 Å². The van der Waals surface area contributed by atoms with Crippen LogP contribution in [-0.2, 0) is 10.0 Å². The highest BCUT2D eigenvalue weighted by molar-refractivity contribution is 7.89. The van der Waals surface area contributed by atoms with E-state index in [4.69, 9.17) is 4.74 Å². The van der Waals surface area contributed by atoms with Gasteiger partial charge in [-0.3, -0.25) is 15.0 Å². The lowest BCUT2D eigenvalue weighted by Crippen LogP contribution is -2.41. The van der Waals surface area contributed by atoms with Crippen LogP contribution < -0.4 is 9.46 Å². The predicted octanol–water partition coefficient (Wildman–Crippen LogP) is 1.36. The van der Waals surface area contributed by atoms with Crippen LogP contribution in [0.4, 0.5) is 5.69 Å². The molecule has 0 aromatic heterocycles. The van der Waals surface area contributed by atoms with Crippen LogP contribution in [-0.4, -0.2) is 51.0 Å². The summed E-state index contributed by atoms with van der Waals surface area (Å²) in [6.07, 6.45) is 2.25. The Balaban J connectivity index is 2.16. The first-order valence-electron chi connectivity index (χ1n) is 7.30. The number of likely N-dealkylation sites (N-methyl/N-ethyl adjacent to an activating group) is 1. The molecule has 8 nitrogen and oxygen atoms in total. The van der Waals surface area contributed by atoms with E-state index in [1.54, 1.807) is 0 Å². The van der Waals surface area contributed by atoms with E-state index in [1.165, 1.54) is 19.2 Å².